The van der Waals surface area contributed by atoms with Crippen molar-refractivity contribution in [2.75, 3.05) is 26.2 Å². The molecule has 1 N–H and O–H groups in total. The van der Waals surface area contributed by atoms with Crippen molar-refractivity contribution in [3.63, 3.8) is 0 Å². The Labute approximate surface area is 141 Å². The zero-order valence-corrected chi connectivity index (χ0v) is 14.4. The first-order chi connectivity index (χ1) is 11.5. The molecule has 0 aromatic carbocycles. The SMILES string of the molecule is Cc1nn(C(F)F)c(C)c1CC(=O)N1CCC(C2CCNC2)CC1. The zero-order valence-electron chi connectivity index (χ0n) is 14.4. The van der Waals surface area contributed by atoms with E-state index in [0.29, 0.717) is 27.6 Å². The summed E-state index contributed by atoms with van der Waals surface area (Å²) in [5.74, 6) is 1.48. The lowest BCUT2D eigenvalue weighted by Gasteiger charge is -2.34. The molecule has 1 amide bonds. The van der Waals surface area contributed by atoms with Gasteiger partial charge < -0.3 is 10.2 Å². The molecule has 1 atom stereocenters. The van der Waals surface area contributed by atoms with Crippen LogP contribution in [-0.4, -0.2) is 46.8 Å². The van der Waals surface area contributed by atoms with E-state index in [1.165, 1.54) is 6.42 Å². The maximum atomic E-state index is 12.9. The number of nitrogens with zero attached hydrogens (tertiary/aromatic N) is 3. The van der Waals surface area contributed by atoms with Gasteiger partial charge in [0, 0.05) is 24.3 Å². The zero-order chi connectivity index (χ0) is 17.3. The fourth-order valence-corrected chi connectivity index (χ4v) is 4.11. The van der Waals surface area contributed by atoms with Crippen molar-refractivity contribution in [1.29, 1.82) is 0 Å². The molecule has 0 spiro atoms. The van der Waals surface area contributed by atoms with Crippen molar-refractivity contribution in [3.05, 3.63) is 17.0 Å². The maximum absolute atomic E-state index is 12.9. The van der Waals surface area contributed by atoms with Crippen LogP contribution in [0.4, 0.5) is 8.78 Å². The predicted octanol–water partition coefficient (Wildman–Crippen LogP) is 2.29. The van der Waals surface area contributed by atoms with E-state index in [9.17, 15) is 13.6 Å². The largest absolute Gasteiger partial charge is 0.342 e. The predicted molar refractivity (Wildman–Crippen MR) is 86.9 cm³/mol. The first-order valence-electron chi connectivity index (χ1n) is 8.78. The number of piperidine rings is 1. The van der Waals surface area contributed by atoms with E-state index in [4.69, 9.17) is 0 Å². The molecule has 1 aromatic rings. The number of carbonyl (C=O) groups excluding carboxylic acids is 1. The smallest absolute Gasteiger partial charge is 0.333 e. The summed E-state index contributed by atoms with van der Waals surface area (Å²) in [6.45, 7) is 4.40. The Kier molecular flexibility index (Phi) is 5.18. The van der Waals surface area contributed by atoms with Gasteiger partial charge in [0.1, 0.15) is 0 Å². The minimum atomic E-state index is -2.66. The summed E-state index contributed by atoms with van der Waals surface area (Å²) >= 11 is 0. The highest BCUT2D eigenvalue weighted by Gasteiger charge is 2.30. The second-order valence-electron chi connectivity index (χ2n) is 7.02. The molecule has 0 radical (unpaired) electrons. The average Bonchev–Trinajstić information content (AvgIpc) is 3.19. The van der Waals surface area contributed by atoms with Crippen LogP contribution in [0.3, 0.4) is 0 Å². The van der Waals surface area contributed by atoms with Crippen LogP contribution in [0.1, 0.15) is 42.8 Å². The van der Waals surface area contributed by atoms with E-state index < -0.39 is 6.55 Å². The standard InChI is InChI=1S/C17H26F2N4O/c1-11-15(12(2)23(21-11)17(18)19)9-16(24)22-7-4-13(5-8-22)14-3-6-20-10-14/h13-14,17,20H,3-10H2,1-2H3. The second kappa shape index (κ2) is 7.17. The van der Waals surface area contributed by atoms with Gasteiger partial charge in [-0.2, -0.15) is 13.9 Å². The summed E-state index contributed by atoms with van der Waals surface area (Å²) in [4.78, 5) is 14.5. The minimum absolute atomic E-state index is 0.0259. The lowest BCUT2D eigenvalue weighted by molar-refractivity contribution is -0.132. The van der Waals surface area contributed by atoms with E-state index in [-0.39, 0.29) is 12.3 Å². The van der Waals surface area contributed by atoms with Gasteiger partial charge in [-0.25, -0.2) is 4.68 Å². The first kappa shape index (κ1) is 17.3. The third kappa shape index (κ3) is 3.45. The van der Waals surface area contributed by atoms with Gasteiger partial charge in [0.15, 0.2) is 0 Å². The van der Waals surface area contributed by atoms with Crippen LogP contribution in [0.15, 0.2) is 0 Å². The van der Waals surface area contributed by atoms with E-state index in [1.807, 2.05) is 4.90 Å². The summed E-state index contributed by atoms with van der Waals surface area (Å²) < 4.78 is 26.5. The molecule has 0 aliphatic carbocycles. The van der Waals surface area contributed by atoms with E-state index >= 15 is 0 Å². The van der Waals surface area contributed by atoms with E-state index in [0.717, 1.165) is 44.9 Å². The molecule has 3 heterocycles. The molecule has 7 heteroatoms. The van der Waals surface area contributed by atoms with Gasteiger partial charge in [-0.05, 0) is 58.0 Å². The maximum Gasteiger partial charge on any atom is 0.333 e. The second-order valence-corrected chi connectivity index (χ2v) is 7.02. The molecule has 134 valence electrons. The number of amides is 1. The van der Waals surface area contributed by atoms with Crippen LogP contribution in [0.25, 0.3) is 0 Å². The van der Waals surface area contributed by atoms with Gasteiger partial charge in [-0.1, -0.05) is 0 Å². The molecule has 2 aliphatic heterocycles. The molecule has 0 saturated carbocycles. The fourth-order valence-electron chi connectivity index (χ4n) is 4.11. The van der Waals surface area contributed by atoms with Crippen molar-refractivity contribution in [3.8, 4) is 0 Å². The van der Waals surface area contributed by atoms with Crippen LogP contribution in [-0.2, 0) is 11.2 Å². The number of alkyl halides is 2. The molecular formula is C17H26F2N4O. The quantitative estimate of drug-likeness (QED) is 0.915. The fraction of sp³-hybridized carbons (Fsp3) is 0.765. The topological polar surface area (TPSA) is 50.2 Å². The van der Waals surface area contributed by atoms with E-state index in [2.05, 4.69) is 10.4 Å². The Morgan fingerprint density at radius 1 is 1.25 bits per heavy atom. The third-order valence-corrected chi connectivity index (χ3v) is 5.65. The number of carbonyl (C=O) groups is 1. The van der Waals surface area contributed by atoms with Crippen molar-refractivity contribution in [2.45, 2.75) is 46.1 Å². The number of hydrogen-bond donors (Lipinski definition) is 1. The van der Waals surface area contributed by atoms with Gasteiger partial charge in [-0.15, -0.1) is 0 Å². The Hall–Kier alpha value is -1.50. The van der Waals surface area contributed by atoms with E-state index in [1.54, 1.807) is 13.8 Å². The number of nitrogens with one attached hydrogen (secondary N) is 1. The third-order valence-electron chi connectivity index (χ3n) is 5.65. The van der Waals surface area contributed by atoms with Crippen molar-refractivity contribution < 1.29 is 13.6 Å². The molecule has 1 unspecified atom stereocenters. The van der Waals surface area contributed by atoms with Crippen molar-refractivity contribution in [1.82, 2.24) is 20.0 Å². The van der Waals surface area contributed by atoms with Gasteiger partial charge in [0.25, 0.3) is 0 Å². The minimum Gasteiger partial charge on any atom is -0.342 e. The van der Waals surface area contributed by atoms with Crippen LogP contribution in [0.5, 0.6) is 0 Å². The number of rotatable bonds is 4. The molecule has 3 rings (SSSR count). The van der Waals surface area contributed by atoms with Crippen molar-refractivity contribution in [2.24, 2.45) is 11.8 Å². The summed E-state index contributed by atoms with van der Waals surface area (Å²) in [6.07, 6.45) is 3.50. The molecule has 24 heavy (non-hydrogen) atoms. The van der Waals surface area contributed by atoms with Gasteiger partial charge in [-0.3, -0.25) is 4.79 Å². The van der Waals surface area contributed by atoms with Crippen LogP contribution in [0.2, 0.25) is 0 Å². The Balaban J connectivity index is 1.58. The molecule has 0 bridgehead atoms. The summed E-state index contributed by atoms with van der Waals surface area (Å²) in [7, 11) is 0. The number of hydrogen-bond acceptors (Lipinski definition) is 3. The molecule has 5 nitrogen and oxygen atoms in total. The molecule has 2 aliphatic rings. The summed E-state index contributed by atoms with van der Waals surface area (Å²) in [5, 5.41) is 7.27. The van der Waals surface area contributed by atoms with Gasteiger partial charge in [0.05, 0.1) is 12.1 Å². The first-order valence-corrected chi connectivity index (χ1v) is 8.78. The van der Waals surface area contributed by atoms with Crippen LogP contribution in [0, 0.1) is 25.7 Å². The highest BCUT2D eigenvalue weighted by atomic mass is 19.3. The summed E-state index contributed by atoms with van der Waals surface area (Å²) in [6, 6.07) is 0. The normalized spacial score (nSPS) is 22.5. The monoisotopic (exact) mass is 340 g/mol. The van der Waals surface area contributed by atoms with Crippen molar-refractivity contribution >= 4 is 5.91 Å². The Morgan fingerprint density at radius 3 is 2.50 bits per heavy atom. The molecular weight excluding hydrogens is 314 g/mol. The summed E-state index contributed by atoms with van der Waals surface area (Å²) in [5.41, 5.74) is 1.55. The molecule has 1 aromatic heterocycles. The Morgan fingerprint density at radius 2 is 1.96 bits per heavy atom. The highest BCUT2D eigenvalue weighted by molar-refractivity contribution is 5.79. The Bertz CT molecular complexity index is 588. The lowest BCUT2D eigenvalue weighted by atomic mass is 9.83. The van der Waals surface area contributed by atoms with Gasteiger partial charge >= 0.3 is 6.55 Å². The molecule has 2 fully saturated rings. The number of likely N-dealkylation sites (tertiary alicyclic amines) is 1. The van der Waals surface area contributed by atoms with Crippen LogP contribution >= 0.6 is 0 Å². The van der Waals surface area contributed by atoms with Gasteiger partial charge in [0.2, 0.25) is 5.91 Å². The molecule has 2 saturated heterocycles. The highest BCUT2D eigenvalue weighted by Crippen LogP contribution is 2.29. The number of aromatic nitrogens is 2. The lowest BCUT2D eigenvalue weighted by Crippen LogP contribution is -2.41. The number of aryl methyl sites for hydroxylation is 1. The number of halogens is 2. The average molecular weight is 340 g/mol. The van der Waals surface area contributed by atoms with Crippen LogP contribution < -0.4 is 5.32 Å².